The third kappa shape index (κ3) is 5.72. The van der Waals surface area contributed by atoms with Crippen molar-refractivity contribution in [3.8, 4) is 5.69 Å². The van der Waals surface area contributed by atoms with Gasteiger partial charge in [-0.3, -0.25) is 14.3 Å². The number of nitrogens with one attached hydrogen (secondary N) is 1. The first kappa shape index (κ1) is 21.5. The minimum absolute atomic E-state index is 0.0218. The van der Waals surface area contributed by atoms with Crippen LogP contribution in [0.5, 0.6) is 0 Å². The molecule has 4 rings (SSSR count). The molecular formula is C23H27N5O2S. The van der Waals surface area contributed by atoms with E-state index in [1.165, 1.54) is 17.3 Å². The highest BCUT2D eigenvalue weighted by Gasteiger charge is 2.15. The minimum atomic E-state index is -0.0218. The van der Waals surface area contributed by atoms with Crippen molar-refractivity contribution >= 4 is 17.7 Å². The average Bonchev–Trinajstić information content (AvgIpc) is 3.18. The first-order chi connectivity index (χ1) is 15.2. The van der Waals surface area contributed by atoms with Crippen molar-refractivity contribution in [1.29, 1.82) is 0 Å². The number of benzene rings is 2. The van der Waals surface area contributed by atoms with Gasteiger partial charge in [0.25, 0.3) is 0 Å². The summed E-state index contributed by atoms with van der Waals surface area (Å²) >= 11 is 1.39. The maximum absolute atomic E-state index is 12.5. The molecule has 31 heavy (non-hydrogen) atoms. The van der Waals surface area contributed by atoms with Gasteiger partial charge in [-0.1, -0.05) is 54.2 Å². The predicted octanol–water partition coefficient (Wildman–Crippen LogP) is 2.82. The molecule has 1 aliphatic heterocycles. The summed E-state index contributed by atoms with van der Waals surface area (Å²) in [6, 6.07) is 18.2. The lowest BCUT2D eigenvalue weighted by Gasteiger charge is -2.27. The third-order valence-corrected chi connectivity index (χ3v) is 6.16. The molecule has 0 aliphatic carbocycles. The molecule has 3 aromatic rings. The van der Waals surface area contributed by atoms with E-state index in [-0.39, 0.29) is 11.7 Å². The molecule has 0 bridgehead atoms. The van der Waals surface area contributed by atoms with Crippen LogP contribution in [-0.2, 0) is 22.6 Å². The highest BCUT2D eigenvalue weighted by atomic mass is 32.2. The number of aromatic nitrogens is 3. The number of morpholine rings is 1. The number of nitrogens with zero attached hydrogens (tertiary/aromatic N) is 4. The number of hydrogen-bond donors (Lipinski definition) is 1. The molecule has 7 nitrogen and oxygen atoms in total. The highest BCUT2D eigenvalue weighted by molar-refractivity contribution is 7.99. The standard InChI is InChI=1S/C23H27N5O2S/c1-18-25-26-23(28(18)21-9-3-2-4-10-21)31-17-22(29)24-15-19-7-5-6-8-20(19)16-27-11-13-30-14-12-27/h2-10H,11-17H2,1H3,(H,24,29). The van der Waals surface area contributed by atoms with Gasteiger partial charge in [-0.15, -0.1) is 10.2 Å². The molecule has 0 radical (unpaired) electrons. The molecule has 1 saturated heterocycles. The van der Waals surface area contributed by atoms with E-state index < -0.39 is 0 Å². The molecule has 0 unspecified atom stereocenters. The summed E-state index contributed by atoms with van der Waals surface area (Å²) in [7, 11) is 0. The Bertz CT molecular complexity index is 1000. The zero-order valence-electron chi connectivity index (χ0n) is 17.7. The van der Waals surface area contributed by atoms with Gasteiger partial charge >= 0.3 is 0 Å². The largest absolute Gasteiger partial charge is 0.379 e. The first-order valence-electron chi connectivity index (χ1n) is 10.4. The van der Waals surface area contributed by atoms with Gasteiger partial charge in [-0.25, -0.2) is 0 Å². The number of amides is 1. The summed E-state index contributed by atoms with van der Waals surface area (Å²) in [5.74, 6) is 1.06. The summed E-state index contributed by atoms with van der Waals surface area (Å²) < 4.78 is 7.40. The third-order valence-electron chi connectivity index (χ3n) is 5.23. The summed E-state index contributed by atoms with van der Waals surface area (Å²) in [5, 5.41) is 12.2. The number of ether oxygens (including phenoxy) is 1. The second-order valence-electron chi connectivity index (χ2n) is 7.42. The maximum Gasteiger partial charge on any atom is 0.230 e. The zero-order chi connectivity index (χ0) is 21.5. The molecule has 1 fully saturated rings. The molecule has 1 N–H and O–H groups in total. The molecule has 0 saturated carbocycles. The minimum Gasteiger partial charge on any atom is -0.379 e. The number of thioether (sulfide) groups is 1. The van der Waals surface area contributed by atoms with E-state index in [2.05, 4.69) is 38.6 Å². The second kappa shape index (κ2) is 10.6. The molecule has 1 aliphatic rings. The van der Waals surface area contributed by atoms with E-state index in [0.29, 0.717) is 11.7 Å². The van der Waals surface area contributed by atoms with Crippen LogP contribution in [0, 0.1) is 6.92 Å². The second-order valence-corrected chi connectivity index (χ2v) is 8.37. The lowest BCUT2D eigenvalue weighted by Crippen LogP contribution is -2.36. The molecule has 2 heterocycles. The first-order valence-corrected chi connectivity index (χ1v) is 11.4. The van der Waals surface area contributed by atoms with Gasteiger partial charge in [-0.05, 0) is 30.2 Å². The van der Waals surface area contributed by atoms with Crippen LogP contribution < -0.4 is 5.32 Å². The number of aryl methyl sites for hydroxylation is 1. The van der Waals surface area contributed by atoms with Crippen molar-refractivity contribution in [3.63, 3.8) is 0 Å². The van der Waals surface area contributed by atoms with Crippen molar-refractivity contribution in [1.82, 2.24) is 25.0 Å². The summed E-state index contributed by atoms with van der Waals surface area (Å²) in [6.45, 7) is 6.76. The Morgan fingerprint density at radius 1 is 1.03 bits per heavy atom. The van der Waals surface area contributed by atoms with E-state index in [0.717, 1.165) is 49.9 Å². The lowest BCUT2D eigenvalue weighted by molar-refractivity contribution is -0.118. The fraction of sp³-hybridized carbons (Fsp3) is 0.348. The summed E-state index contributed by atoms with van der Waals surface area (Å²) in [4.78, 5) is 14.9. The van der Waals surface area contributed by atoms with Crippen molar-refractivity contribution in [3.05, 3.63) is 71.5 Å². The van der Waals surface area contributed by atoms with Crippen molar-refractivity contribution in [2.24, 2.45) is 0 Å². The van der Waals surface area contributed by atoms with Crippen LogP contribution in [0.15, 0.2) is 59.8 Å². The highest BCUT2D eigenvalue weighted by Crippen LogP contribution is 2.21. The van der Waals surface area contributed by atoms with Crippen molar-refractivity contribution in [2.45, 2.75) is 25.2 Å². The van der Waals surface area contributed by atoms with Crippen molar-refractivity contribution in [2.75, 3.05) is 32.1 Å². The van der Waals surface area contributed by atoms with Crippen LogP contribution in [0.2, 0.25) is 0 Å². The van der Waals surface area contributed by atoms with Crippen LogP contribution in [0.25, 0.3) is 5.69 Å². The molecule has 1 amide bonds. The van der Waals surface area contributed by atoms with E-state index >= 15 is 0 Å². The lowest BCUT2D eigenvalue weighted by atomic mass is 10.1. The van der Waals surface area contributed by atoms with Gasteiger partial charge in [0.05, 0.1) is 19.0 Å². The van der Waals surface area contributed by atoms with Crippen LogP contribution in [0.3, 0.4) is 0 Å². The summed E-state index contributed by atoms with van der Waals surface area (Å²) in [5.41, 5.74) is 3.39. The van der Waals surface area contributed by atoms with Gasteiger partial charge in [0, 0.05) is 31.9 Å². The molecule has 162 valence electrons. The number of rotatable bonds is 8. The topological polar surface area (TPSA) is 72.3 Å². The van der Waals surface area contributed by atoms with E-state index in [1.807, 2.05) is 47.9 Å². The Kier molecular flexibility index (Phi) is 7.35. The van der Waals surface area contributed by atoms with Gasteiger partial charge in [0.15, 0.2) is 5.16 Å². The average molecular weight is 438 g/mol. The van der Waals surface area contributed by atoms with Crippen LogP contribution >= 0.6 is 11.8 Å². The predicted molar refractivity (Wildman–Crippen MR) is 121 cm³/mol. The molecule has 8 heteroatoms. The van der Waals surface area contributed by atoms with Crippen LogP contribution in [0.4, 0.5) is 0 Å². The Labute approximate surface area is 186 Å². The SMILES string of the molecule is Cc1nnc(SCC(=O)NCc2ccccc2CN2CCOCC2)n1-c1ccccc1. The molecule has 0 spiro atoms. The zero-order valence-corrected chi connectivity index (χ0v) is 18.5. The van der Waals surface area contributed by atoms with Gasteiger partial charge in [-0.2, -0.15) is 0 Å². The molecular weight excluding hydrogens is 410 g/mol. The quantitative estimate of drug-likeness (QED) is 0.547. The number of para-hydroxylation sites is 1. The monoisotopic (exact) mass is 437 g/mol. The fourth-order valence-corrected chi connectivity index (χ4v) is 4.40. The Morgan fingerprint density at radius 3 is 2.52 bits per heavy atom. The Balaban J connectivity index is 1.33. The van der Waals surface area contributed by atoms with E-state index in [9.17, 15) is 4.79 Å². The van der Waals surface area contributed by atoms with E-state index in [1.54, 1.807) is 0 Å². The fourth-order valence-electron chi connectivity index (χ4n) is 3.57. The molecule has 0 atom stereocenters. The van der Waals surface area contributed by atoms with E-state index in [4.69, 9.17) is 4.74 Å². The van der Waals surface area contributed by atoms with Gasteiger partial charge in [0.2, 0.25) is 5.91 Å². The Hall–Kier alpha value is -2.68. The van der Waals surface area contributed by atoms with Gasteiger partial charge < -0.3 is 10.1 Å². The number of hydrogen-bond acceptors (Lipinski definition) is 6. The molecule has 2 aromatic carbocycles. The van der Waals surface area contributed by atoms with Crippen molar-refractivity contribution < 1.29 is 9.53 Å². The maximum atomic E-state index is 12.5. The smallest absolute Gasteiger partial charge is 0.230 e. The normalized spacial score (nSPS) is 14.5. The van der Waals surface area contributed by atoms with Crippen LogP contribution in [0.1, 0.15) is 17.0 Å². The van der Waals surface area contributed by atoms with Crippen LogP contribution in [-0.4, -0.2) is 57.6 Å². The summed E-state index contributed by atoms with van der Waals surface area (Å²) in [6.07, 6.45) is 0. The Morgan fingerprint density at radius 2 is 1.74 bits per heavy atom. The molecule has 1 aromatic heterocycles. The number of carbonyl (C=O) groups is 1. The number of carbonyl (C=O) groups excluding carboxylic acids is 1. The van der Waals surface area contributed by atoms with Gasteiger partial charge in [0.1, 0.15) is 5.82 Å².